The first-order valence-electron chi connectivity index (χ1n) is 6.38. The van der Waals surface area contributed by atoms with Crippen molar-refractivity contribution in [1.29, 1.82) is 0 Å². The van der Waals surface area contributed by atoms with Crippen molar-refractivity contribution < 1.29 is 9.53 Å². The van der Waals surface area contributed by atoms with E-state index in [1.807, 2.05) is 47.4 Å². The second-order valence-electron chi connectivity index (χ2n) is 4.79. The van der Waals surface area contributed by atoms with Crippen molar-refractivity contribution in [2.75, 3.05) is 7.11 Å². The number of rotatable bonds is 3. The number of halogens is 1. The molecule has 2 aromatic rings. The highest BCUT2D eigenvalue weighted by Gasteiger charge is 2.28. The average molecular weight is 379 g/mol. The van der Waals surface area contributed by atoms with Crippen LogP contribution in [0.5, 0.6) is 5.75 Å². The van der Waals surface area contributed by atoms with Gasteiger partial charge in [-0.3, -0.25) is 4.79 Å². The lowest BCUT2D eigenvalue weighted by Crippen LogP contribution is -2.23. The predicted octanol–water partition coefficient (Wildman–Crippen LogP) is 3.46. The van der Waals surface area contributed by atoms with Gasteiger partial charge >= 0.3 is 0 Å². The van der Waals surface area contributed by atoms with Crippen molar-refractivity contribution in [3.05, 3.63) is 62.7 Å². The third-order valence-corrected chi connectivity index (χ3v) is 4.37. The second kappa shape index (κ2) is 5.44. The number of carbonyl (C=O) groups excluding carboxylic acids is 1. The number of nitrogens with zero attached hydrogens (tertiary/aromatic N) is 1. The Kier molecular flexibility index (Phi) is 3.65. The Bertz CT molecular complexity index is 669. The summed E-state index contributed by atoms with van der Waals surface area (Å²) in [7, 11) is 1.65. The van der Waals surface area contributed by atoms with Crippen molar-refractivity contribution in [1.82, 2.24) is 4.90 Å². The molecular weight excluding hydrogens is 365 g/mol. The molecule has 0 bridgehead atoms. The highest BCUT2D eigenvalue weighted by molar-refractivity contribution is 14.1. The molecule has 0 fully saturated rings. The van der Waals surface area contributed by atoms with Crippen molar-refractivity contribution in [2.45, 2.75) is 13.1 Å². The van der Waals surface area contributed by atoms with Crippen LogP contribution in [0.2, 0.25) is 0 Å². The second-order valence-corrected chi connectivity index (χ2v) is 5.95. The number of benzene rings is 2. The Morgan fingerprint density at radius 3 is 2.80 bits per heavy atom. The Balaban J connectivity index is 1.84. The van der Waals surface area contributed by atoms with Crippen LogP contribution < -0.4 is 4.74 Å². The molecule has 0 unspecified atom stereocenters. The molecule has 1 aliphatic heterocycles. The molecule has 0 N–H and O–H groups in total. The minimum absolute atomic E-state index is 0.118. The van der Waals surface area contributed by atoms with Gasteiger partial charge in [-0.05, 0) is 51.9 Å². The number of methoxy groups -OCH3 is 1. The number of amides is 1. The fourth-order valence-electron chi connectivity index (χ4n) is 2.49. The number of hydrogen-bond donors (Lipinski definition) is 0. The molecule has 2 aromatic carbocycles. The van der Waals surface area contributed by atoms with Gasteiger partial charge in [0.1, 0.15) is 5.75 Å². The van der Waals surface area contributed by atoms with Gasteiger partial charge in [0, 0.05) is 16.7 Å². The Labute approximate surface area is 131 Å². The molecule has 0 saturated carbocycles. The van der Waals surface area contributed by atoms with E-state index in [4.69, 9.17) is 4.74 Å². The van der Waals surface area contributed by atoms with E-state index in [9.17, 15) is 4.79 Å². The molecule has 102 valence electrons. The SMILES string of the molecule is COc1cccc(CN2Cc3cccc(I)c3C2=O)c1. The Hall–Kier alpha value is -1.56. The van der Waals surface area contributed by atoms with Crippen molar-refractivity contribution in [3.63, 3.8) is 0 Å². The molecule has 1 amide bonds. The minimum Gasteiger partial charge on any atom is -0.497 e. The number of hydrogen-bond acceptors (Lipinski definition) is 2. The quantitative estimate of drug-likeness (QED) is 0.765. The van der Waals surface area contributed by atoms with E-state index in [1.165, 1.54) is 0 Å². The summed E-state index contributed by atoms with van der Waals surface area (Å²) >= 11 is 2.23. The lowest BCUT2D eigenvalue weighted by atomic mass is 10.1. The van der Waals surface area contributed by atoms with E-state index >= 15 is 0 Å². The highest BCUT2D eigenvalue weighted by atomic mass is 127. The van der Waals surface area contributed by atoms with Crippen molar-refractivity contribution >= 4 is 28.5 Å². The van der Waals surface area contributed by atoms with Crippen LogP contribution >= 0.6 is 22.6 Å². The van der Waals surface area contributed by atoms with Gasteiger partial charge < -0.3 is 9.64 Å². The zero-order chi connectivity index (χ0) is 14.1. The Morgan fingerprint density at radius 2 is 2.05 bits per heavy atom. The third kappa shape index (κ3) is 2.40. The average Bonchev–Trinajstić information content (AvgIpc) is 2.77. The third-order valence-electron chi connectivity index (χ3n) is 3.47. The summed E-state index contributed by atoms with van der Waals surface area (Å²) in [5.74, 6) is 0.939. The Morgan fingerprint density at radius 1 is 1.25 bits per heavy atom. The van der Waals surface area contributed by atoms with E-state index in [0.717, 1.165) is 26.0 Å². The van der Waals surface area contributed by atoms with E-state index in [-0.39, 0.29) is 5.91 Å². The van der Waals surface area contributed by atoms with Crippen molar-refractivity contribution in [3.8, 4) is 5.75 Å². The van der Waals surface area contributed by atoms with Gasteiger partial charge in [0.05, 0.1) is 12.7 Å². The van der Waals surface area contributed by atoms with Crippen LogP contribution in [0.1, 0.15) is 21.5 Å². The van der Waals surface area contributed by atoms with E-state index in [0.29, 0.717) is 13.1 Å². The molecule has 4 heteroatoms. The lowest BCUT2D eigenvalue weighted by molar-refractivity contribution is 0.0766. The zero-order valence-electron chi connectivity index (χ0n) is 11.1. The molecule has 0 aromatic heterocycles. The molecule has 0 atom stereocenters. The monoisotopic (exact) mass is 379 g/mol. The van der Waals surface area contributed by atoms with Crippen LogP contribution in [-0.2, 0) is 13.1 Å². The molecule has 3 nitrogen and oxygen atoms in total. The maximum absolute atomic E-state index is 12.5. The molecule has 0 saturated heterocycles. The van der Waals surface area contributed by atoms with Gasteiger partial charge in [0.25, 0.3) is 5.91 Å². The molecule has 20 heavy (non-hydrogen) atoms. The first-order valence-corrected chi connectivity index (χ1v) is 7.46. The van der Waals surface area contributed by atoms with Crippen LogP contribution in [0.4, 0.5) is 0 Å². The van der Waals surface area contributed by atoms with E-state index in [1.54, 1.807) is 7.11 Å². The molecular formula is C16H14INO2. The predicted molar refractivity (Wildman–Crippen MR) is 85.7 cm³/mol. The van der Waals surface area contributed by atoms with Crippen LogP contribution in [-0.4, -0.2) is 17.9 Å². The highest BCUT2D eigenvalue weighted by Crippen LogP contribution is 2.28. The standard InChI is InChI=1S/C16H14INO2/c1-20-13-6-2-4-11(8-13)9-18-10-12-5-3-7-14(17)15(12)16(18)19/h2-8H,9-10H2,1H3. The van der Waals surface area contributed by atoms with Gasteiger partial charge in [-0.1, -0.05) is 24.3 Å². The van der Waals surface area contributed by atoms with Gasteiger partial charge in [0.15, 0.2) is 0 Å². The van der Waals surface area contributed by atoms with Crippen LogP contribution in [0, 0.1) is 3.57 Å². The first-order chi connectivity index (χ1) is 9.69. The van der Waals surface area contributed by atoms with Crippen LogP contribution in [0.3, 0.4) is 0 Å². The summed E-state index contributed by atoms with van der Waals surface area (Å²) in [5, 5.41) is 0. The number of ether oxygens (including phenoxy) is 1. The topological polar surface area (TPSA) is 29.5 Å². The molecule has 0 spiro atoms. The van der Waals surface area contributed by atoms with Gasteiger partial charge in [-0.2, -0.15) is 0 Å². The van der Waals surface area contributed by atoms with Crippen molar-refractivity contribution in [2.24, 2.45) is 0 Å². The number of fused-ring (bicyclic) bond motifs is 1. The fraction of sp³-hybridized carbons (Fsp3) is 0.188. The van der Waals surface area contributed by atoms with Gasteiger partial charge in [-0.15, -0.1) is 0 Å². The van der Waals surface area contributed by atoms with E-state index in [2.05, 4.69) is 22.6 Å². The molecule has 0 radical (unpaired) electrons. The smallest absolute Gasteiger partial charge is 0.255 e. The van der Waals surface area contributed by atoms with Gasteiger partial charge in [-0.25, -0.2) is 0 Å². The molecule has 0 aliphatic carbocycles. The van der Waals surface area contributed by atoms with Crippen LogP contribution in [0.25, 0.3) is 0 Å². The summed E-state index contributed by atoms with van der Waals surface area (Å²) < 4.78 is 6.25. The molecule has 1 heterocycles. The number of carbonyl (C=O) groups is 1. The minimum atomic E-state index is 0.118. The normalized spacial score (nSPS) is 13.5. The van der Waals surface area contributed by atoms with E-state index < -0.39 is 0 Å². The van der Waals surface area contributed by atoms with Crippen LogP contribution in [0.15, 0.2) is 42.5 Å². The summed E-state index contributed by atoms with van der Waals surface area (Å²) in [4.78, 5) is 14.3. The first kappa shape index (κ1) is 13.4. The summed E-state index contributed by atoms with van der Waals surface area (Å²) in [5.41, 5.74) is 3.06. The lowest BCUT2D eigenvalue weighted by Gasteiger charge is -2.16. The molecule has 3 rings (SSSR count). The van der Waals surface area contributed by atoms with Gasteiger partial charge in [0.2, 0.25) is 0 Å². The zero-order valence-corrected chi connectivity index (χ0v) is 13.3. The summed E-state index contributed by atoms with van der Waals surface area (Å²) in [6.45, 7) is 1.29. The molecule has 1 aliphatic rings. The summed E-state index contributed by atoms with van der Waals surface area (Å²) in [6, 6.07) is 13.9. The largest absolute Gasteiger partial charge is 0.497 e. The maximum atomic E-state index is 12.5. The fourth-order valence-corrected chi connectivity index (χ4v) is 3.28. The maximum Gasteiger partial charge on any atom is 0.255 e. The summed E-state index contributed by atoms with van der Waals surface area (Å²) in [6.07, 6.45) is 0.